The molecule has 0 atom stereocenters. The molecule has 1 aromatic rings. The number of rotatable bonds is 2. The first-order valence-corrected chi connectivity index (χ1v) is 4.71. The van der Waals surface area contributed by atoms with E-state index in [0.29, 0.717) is 0 Å². The second-order valence-electron chi connectivity index (χ2n) is 3.85. The zero-order chi connectivity index (χ0) is 12.6. The van der Waals surface area contributed by atoms with Crippen molar-refractivity contribution < 1.29 is 22.0 Å². The SMILES string of the molecule is CC(C)c1ccc(C(F)(F)C(F)(F)F)cc1. The molecule has 0 aliphatic rings. The molecule has 0 aliphatic carbocycles. The molecule has 0 spiro atoms. The van der Waals surface area contributed by atoms with Gasteiger partial charge in [0.05, 0.1) is 0 Å². The Bertz CT molecular complexity index is 348. The van der Waals surface area contributed by atoms with E-state index in [4.69, 9.17) is 0 Å². The lowest BCUT2D eigenvalue weighted by Gasteiger charge is -2.20. The number of halogens is 5. The highest BCUT2D eigenvalue weighted by Crippen LogP contribution is 2.43. The van der Waals surface area contributed by atoms with Gasteiger partial charge in [-0.3, -0.25) is 0 Å². The van der Waals surface area contributed by atoms with E-state index in [1.807, 2.05) is 13.8 Å². The maximum Gasteiger partial charge on any atom is 0.458 e. The summed E-state index contributed by atoms with van der Waals surface area (Å²) in [5.41, 5.74) is -0.300. The zero-order valence-corrected chi connectivity index (χ0v) is 8.78. The standard InChI is InChI=1S/C11H11F5/c1-7(2)8-3-5-9(6-4-8)10(12,13)11(14,15)16/h3-7H,1-2H3. The van der Waals surface area contributed by atoms with Crippen LogP contribution in [0.5, 0.6) is 0 Å². The Morgan fingerprint density at radius 2 is 1.31 bits per heavy atom. The molecule has 5 heteroatoms. The van der Waals surface area contributed by atoms with Gasteiger partial charge in [-0.05, 0) is 11.5 Å². The van der Waals surface area contributed by atoms with Crippen molar-refractivity contribution in [2.24, 2.45) is 0 Å². The van der Waals surface area contributed by atoms with E-state index in [1.54, 1.807) is 0 Å². The molecule has 0 saturated heterocycles. The molecule has 0 heterocycles. The van der Waals surface area contributed by atoms with Crippen LogP contribution in [0, 0.1) is 0 Å². The van der Waals surface area contributed by atoms with Crippen LogP contribution in [0.4, 0.5) is 22.0 Å². The third-order valence-corrected chi connectivity index (χ3v) is 2.30. The quantitative estimate of drug-likeness (QED) is 0.667. The first kappa shape index (κ1) is 12.9. The molecule has 90 valence electrons. The van der Waals surface area contributed by atoms with Crippen molar-refractivity contribution in [3.8, 4) is 0 Å². The highest BCUT2D eigenvalue weighted by Gasteiger charge is 2.58. The molecule has 0 aliphatic heterocycles. The molecule has 0 amide bonds. The van der Waals surface area contributed by atoms with Gasteiger partial charge in [0, 0.05) is 5.56 Å². The Morgan fingerprint density at radius 3 is 1.62 bits per heavy atom. The van der Waals surface area contributed by atoms with Crippen LogP contribution in [-0.4, -0.2) is 6.18 Å². The van der Waals surface area contributed by atoms with Crippen molar-refractivity contribution >= 4 is 0 Å². The predicted molar refractivity (Wildman–Crippen MR) is 50.5 cm³/mol. The second kappa shape index (κ2) is 4.03. The fourth-order valence-corrected chi connectivity index (χ4v) is 1.24. The Balaban J connectivity index is 3.07. The number of alkyl halides is 5. The third kappa shape index (κ3) is 2.33. The molecule has 16 heavy (non-hydrogen) atoms. The minimum Gasteiger partial charge on any atom is -0.191 e. The summed E-state index contributed by atoms with van der Waals surface area (Å²) in [6.07, 6.45) is -5.55. The molecule has 0 aromatic heterocycles. The predicted octanol–water partition coefficient (Wildman–Crippen LogP) is 4.46. The highest BCUT2D eigenvalue weighted by atomic mass is 19.4. The summed E-state index contributed by atoms with van der Waals surface area (Å²) in [5, 5.41) is 0. The van der Waals surface area contributed by atoms with E-state index in [1.165, 1.54) is 12.1 Å². The van der Waals surface area contributed by atoms with Crippen molar-refractivity contribution in [2.75, 3.05) is 0 Å². The molecular weight excluding hydrogens is 227 g/mol. The first-order chi connectivity index (χ1) is 7.16. The van der Waals surface area contributed by atoms with Crippen molar-refractivity contribution in [1.82, 2.24) is 0 Å². The van der Waals surface area contributed by atoms with Crippen LogP contribution in [0.1, 0.15) is 30.9 Å². The fourth-order valence-electron chi connectivity index (χ4n) is 1.24. The normalized spacial score (nSPS) is 13.2. The van der Waals surface area contributed by atoms with Gasteiger partial charge >= 0.3 is 12.1 Å². The van der Waals surface area contributed by atoms with Gasteiger partial charge in [0.15, 0.2) is 0 Å². The van der Waals surface area contributed by atoms with Gasteiger partial charge in [0.1, 0.15) is 0 Å². The summed E-state index contributed by atoms with van der Waals surface area (Å²) in [4.78, 5) is 0. The molecule has 0 bridgehead atoms. The highest BCUT2D eigenvalue weighted by molar-refractivity contribution is 5.28. The van der Waals surface area contributed by atoms with Crippen LogP contribution in [0.25, 0.3) is 0 Å². The molecule has 0 radical (unpaired) electrons. The van der Waals surface area contributed by atoms with Crippen molar-refractivity contribution in [3.05, 3.63) is 35.4 Å². The van der Waals surface area contributed by atoms with E-state index >= 15 is 0 Å². The molecule has 0 unspecified atom stereocenters. The average Bonchev–Trinajstić information content (AvgIpc) is 2.16. The van der Waals surface area contributed by atoms with Crippen LogP contribution < -0.4 is 0 Å². The maximum absolute atomic E-state index is 12.9. The molecule has 1 aromatic carbocycles. The summed E-state index contributed by atoms with van der Waals surface area (Å²) in [6.45, 7) is 3.66. The lowest BCUT2D eigenvalue weighted by molar-refractivity contribution is -0.289. The van der Waals surface area contributed by atoms with E-state index in [-0.39, 0.29) is 5.92 Å². The number of hydrogen-bond acceptors (Lipinski definition) is 0. The van der Waals surface area contributed by atoms with Crippen molar-refractivity contribution in [2.45, 2.75) is 31.9 Å². The van der Waals surface area contributed by atoms with Gasteiger partial charge in [-0.1, -0.05) is 38.1 Å². The summed E-state index contributed by atoms with van der Waals surface area (Å²) < 4.78 is 61.8. The Kier molecular flexibility index (Phi) is 3.26. The summed E-state index contributed by atoms with van der Waals surface area (Å²) in [6, 6.07) is 4.23. The summed E-state index contributed by atoms with van der Waals surface area (Å²) >= 11 is 0. The topological polar surface area (TPSA) is 0 Å². The monoisotopic (exact) mass is 238 g/mol. The average molecular weight is 238 g/mol. The van der Waals surface area contributed by atoms with E-state index in [9.17, 15) is 22.0 Å². The fraction of sp³-hybridized carbons (Fsp3) is 0.455. The number of hydrogen-bond donors (Lipinski definition) is 0. The van der Waals surface area contributed by atoms with Gasteiger partial charge in [0.25, 0.3) is 0 Å². The Labute approximate surface area is 90.1 Å². The second-order valence-corrected chi connectivity index (χ2v) is 3.85. The van der Waals surface area contributed by atoms with E-state index in [0.717, 1.165) is 17.7 Å². The minimum atomic E-state index is -5.55. The van der Waals surface area contributed by atoms with Gasteiger partial charge in [0.2, 0.25) is 0 Å². The third-order valence-electron chi connectivity index (χ3n) is 2.30. The van der Waals surface area contributed by atoms with Crippen LogP contribution >= 0.6 is 0 Å². The zero-order valence-electron chi connectivity index (χ0n) is 8.78. The van der Waals surface area contributed by atoms with Gasteiger partial charge in [-0.25, -0.2) is 0 Å². The van der Waals surface area contributed by atoms with E-state index < -0.39 is 17.7 Å². The summed E-state index contributed by atoms with van der Waals surface area (Å²) in [7, 11) is 0. The van der Waals surface area contributed by atoms with Crippen LogP contribution in [0.2, 0.25) is 0 Å². The van der Waals surface area contributed by atoms with Crippen molar-refractivity contribution in [1.29, 1.82) is 0 Å². The minimum absolute atomic E-state index is 0.0913. The molecule has 0 saturated carbocycles. The lowest BCUT2D eigenvalue weighted by Crippen LogP contribution is -2.33. The molecular formula is C11H11F5. The molecule has 0 fully saturated rings. The lowest BCUT2D eigenvalue weighted by atomic mass is 9.99. The first-order valence-electron chi connectivity index (χ1n) is 4.71. The number of benzene rings is 1. The van der Waals surface area contributed by atoms with Crippen LogP contribution in [-0.2, 0) is 5.92 Å². The Hall–Kier alpha value is -1.13. The maximum atomic E-state index is 12.9. The summed E-state index contributed by atoms with van der Waals surface area (Å²) in [5.74, 6) is -4.70. The smallest absolute Gasteiger partial charge is 0.191 e. The largest absolute Gasteiger partial charge is 0.458 e. The van der Waals surface area contributed by atoms with Crippen molar-refractivity contribution in [3.63, 3.8) is 0 Å². The van der Waals surface area contributed by atoms with E-state index in [2.05, 4.69) is 0 Å². The molecule has 0 nitrogen and oxygen atoms in total. The Morgan fingerprint density at radius 1 is 0.875 bits per heavy atom. The van der Waals surface area contributed by atoms with Crippen LogP contribution in [0.3, 0.4) is 0 Å². The van der Waals surface area contributed by atoms with Gasteiger partial charge < -0.3 is 0 Å². The molecule has 0 N–H and O–H groups in total. The van der Waals surface area contributed by atoms with Crippen LogP contribution in [0.15, 0.2) is 24.3 Å². The molecule has 1 rings (SSSR count). The van der Waals surface area contributed by atoms with Gasteiger partial charge in [-0.2, -0.15) is 22.0 Å². The van der Waals surface area contributed by atoms with Gasteiger partial charge in [-0.15, -0.1) is 0 Å².